The zero-order valence-corrected chi connectivity index (χ0v) is 12.7. The lowest BCUT2D eigenvalue weighted by molar-refractivity contribution is -0.139. The van der Waals surface area contributed by atoms with E-state index in [0.29, 0.717) is 6.61 Å². The topological polar surface area (TPSA) is 64.6 Å². The number of carbonyl (C=O) groups is 2. The Morgan fingerprint density at radius 1 is 1.27 bits per heavy atom. The maximum Gasteiger partial charge on any atom is 0.332 e. The molecular weight excluding hydrogens is 282 g/mol. The van der Waals surface area contributed by atoms with Gasteiger partial charge in [0.25, 0.3) is 0 Å². The van der Waals surface area contributed by atoms with E-state index in [1.54, 1.807) is 6.08 Å². The van der Waals surface area contributed by atoms with Gasteiger partial charge in [-0.25, -0.2) is 4.79 Å². The van der Waals surface area contributed by atoms with E-state index in [0.717, 1.165) is 30.2 Å². The van der Waals surface area contributed by atoms with Crippen molar-refractivity contribution in [1.82, 2.24) is 5.32 Å². The molecule has 22 heavy (non-hydrogen) atoms. The molecule has 0 spiro atoms. The minimum atomic E-state index is -0.535. The molecule has 0 aromatic heterocycles. The Kier molecular flexibility index (Phi) is 8.12. The number of ether oxygens (including phenoxy) is 2. The van der Waals surface area contributed by atoms with Crippen LogP contribution >= 0.6 is 0 Å². The second-order valence-electron chi connectivity index (χ2n) is 4.46. The first-order chi connectivity index (χ1) is 10.7. The van der Waals surface area contributed by atoms with Gasteiger partial charge in [-0.15, -0.1) is 0 Å². The van der Waals surface area contributed by atoms with E-state index in [2.05, 4.69) is 18.8 Å². The van der Waals surface area contributed by atoms with Gasteiger partial charge in [0.1, 0.15) is 5.75 Å². The molecule has 0 heterocycles. The SMILES string of the molecule is C=CC(=O)NCOC(=O)/C=C/c1ccc(OCCCC)cc1. The number of esters is 1. The lowest BCUT2D eigenvalue weighted by Gasteiger charge is -2.05. The van der Waals surface area contributed by atoms with E-state index >= 15 is 0 Å². The Labute approximate surface area is 130 Å². The van der Waals surface area contributed by atoms with Crippen LogP contribution in [0.1, 0.15) is 25.3 Å². The summed E-state index contributed by atoms with van der Waals surface area (Å²) >= 11 is 0. The van der Waals surface area contributed by atoms with Crippen LogP contribution in [0.15, 0.2) is 43.0 Å². The Morgan fingerprint density at radius 3 is 2.64 bits per heavy atom. The van der Waals surface area contributed by atoms with Crippen LogP contribution in [0.4, 0.5) is 0 Å². The zero-order chi connectivity index (χ0) is 16.2. The largest absolute Gasteiger partial charge is 0.494 e. The Bertz CT molecular complexity index is 520. The fraction of sp³-hybridized carbons (Fsp3) is 0.294. The number of rotatable bonds is 9. The molecule has 1 aromatic rings. The molecule has 0 atom stereocenters. The lowest BCUT2D eigenvalue weighted by Crippen LogP contribution is -2.25. The van der Waals surface area contributed by atoms with Gasteiger partial charge in [-0.3, -0.25) is 4.79 Å². The average molecular weight is 303 g/mol. The van der Waals surface area contributed by atoms with E-state index in [-0.39, 0.29) is 6.73 Å². The van der Waals surface area contributed by atoms with Gasteiger partial charge in [-0.1, -0.05) is 32.1 Å². The summed E-state index contributed by atoms with van der Waals surface area (Å²) in [6.45, 7) is 5.92. The standard InChI is InChI=1S/C17H21NO4/c1-3-5-12-21-15-9-6-14(7-10-15)8-11-17(20)22-13-18-16(19)4-2/h4,6-11H,2-3,5,12-13H2,1H3,(H,18,19)/b11-8+. The van der Waals surface area contributed by atoms with Crippen molar-refractivity contribution in [3.05, 3.63) is 48.6 Å². The number of benzene rings is 1. The first-order valence-electron chi connectivity index (χ1n) is 7.13. The maximum absolute atomic E-state index is 11.4. The van der Waals surface area contributed by atoms with E-state index in [1.165, 1.54) is 6.08 Å². The minimum absolute atomic E-state index is 0.182. The molecular formula is C17H21NO4. The molecule has 1 amide bonds. The van der Waals surface area contributed by atoms with Crippen LogP contribution in [0.25, 0.3) is 6.08 Å². The molecule has 0 aliphatic heterocycles. The van der Waals surface area contributed by atoms with E-state index in [4.69, 9.17) is 9.47 Å². The second-order valence-corrected chi connectivity index (χ2v) is 4.46. The van der Waals surface area contributed by atoms with Gasteiger partial charge < -0.3 is 14.8 Å². The van der Waals surface area contributed by atoms with Crippen molar-refractivity contribution in [3.63, 3.8) is 0 Å². The third-order valence-corrected chi connectivity index (χ3v) is 2.70. The highest BCUT2D eigenvalue weighted by Crippen LogP contribution is 2.13. The molecule has 0 aliphatic rings. The predicted molar refractivity (Wildman–Crippen MR) is 85.2 cm³/mol. The summed E-state index contributed by atoms with van der Waals surface area (Å²) in [5, 5.41) is 2.34. The highest BCUT2D eigenvalue weighted by molar-refractivity contribution is 5.88. The van der Waals surface area contributed by atoms with Gasteiger partial charge in [0, 0.05) is 6.08 Å². The van der Waals surface area contributed by atoms with Gasteiger partial charge in [-0.2, -0.15) is 0 Å². The molecule has 1 rings (SSSR count). The van der Waals surface area contributed by atoms with Crippen LogP contribution in [0.5, 0.6) is 5.75 Å². The Morgan fingerprint density at radius 2 is 2.00 bits per heavy atom. The van der Waals surface area contributed by atoms with E-state index in [1.807, 2.05) is 24.3 Å². The first kappa shape index (κ1) is 17.5. The van der Waals surface area contributed by atoms with E-state index < -0.39 is 11.9 Å². The molecule has 0 radical (unpaired) electrons. The van der Waals surface area contributed by atoms with Crippen molar-refractivity contribution in [2.24, 2.45) is 0 Å². The lowest BCUT2D eigenvalue weighted by atomic mass is 10.2. The molecule has 0 fully saturated rings. The molecule has 0 unspecified atom stereocenters. The normalized spacial score (nSPS) is 10.2. The molecule has 1 aromatic carbocycles. The molecule has 5 nitrogen and oxygen atoms in total. The van der Waals surface area contributed by atoms with Crippen molar-refractivity contribution < 1.29 is 19.1 Å². The molecule has 1 N–H and O–H groups in total. The number of nitrogens with one attached hydrogen (secondary N) is 1. The Hall–Kier alpha value is -2.56. The van der Waals surface area contributed by atoms with Crippen LogP contribution in [0.3, 0.4) is 0 Å². The number of hydrogen-bond donors (Lipinski definition) is 1. The summed E-state index contributed by atoms with van der Waals surface area (Å²) in [6.07, 6.45) is 6.15. The van der Waals surface area contributed by atoms with Crippen LogP contribution < -0.4 is 10.1 Å². The maximum atomic E-state index is 11.4. The third-order valence-electron chi connectivity index (χ3n) is 2.70. The number of hydrogen-bond acceptors (Lipinski definition) is 4. The molecule has 5 heteroatoms. The number of carbonyl (C=O) groups excluding carboxylic acids is 2. The third kappa shape index (κ3) is 7.28. The molecule has 0 saturated carbocycles. The van der Waals surface area contributed by atoms with Gasteiger partial charge in [0.15, 0.2) is 6.73 Å². The molecule has 0 bridgehead atoms. The quantitative estimate of drug-likeness (QED) is 0.330. The summed E-state index contributed by atoms with van der Waals surface area (Å²) < 4.78 is 10.3. The van der Waals surface area contributed by atoms with Crippen molar-refractivity contribution in [1.29, 1.82) is 0 Å². The van der Waals surface area contributed by atoms with Crippen LogP contribution in [-0.2, 0) is 14.3 Å². The summed E-state index contributed by atoms with van der Waals surface area (Å²) in [4.78, 5) is 22.3. The highest BCUT2D eigenvalue weighted by Gasteiger charge is 1.99. The first-order valence-corrected chi connectivity index (χ1v) is 7.13. The average Bonchev–Trinajstić information content (AvgIpc) is 2.54. The summed E-state index contributed by atoms with van der Waals surface area (Å²) in [5.74, 6) is -0.122. The number of amides is 1. The minimum Gasteiger partial charge on any atom is -0.494 e. The smallest absolute Gasteiger partial charge is 0.332 e. The molecule has 0 saturated heterocycles. The summed E-state index contributed by atoms with van der Waals surface area (Å²) in [7, 11) is 0. The van der Waals surface area contributed by atoms with Crippen LogP contribution in [0.2, 0.25) is 0 Å². The summed E-state index contributed by atoms with van der Waals surface area (Å²) in [5.41, 5.74) is 0.856. The van der Waals surface area contributed by atoms with Gasteiger partial charge >= 0.3 is 5.97 Å². The monoisotopic (exact) mass is 303 g/mol. The van der Waals surface area contributed by atoms with Crippen molar-refractivity contribution in [2.75, 3.05) is 13.3 Å². The zero-order valence-electron chi connectivity index (χ0n) is 12.7. The summed E-state index contributed by atoms with van der Waals surface area (Å²) in [6, 6.07) is 7.41. The highest BCUT2D eigenvalue weighted by atomic mass is 16.5. The second kappa shape index (κ2) is 10.2. The van der Waals surface area contributed by atoms with Crippen molar-refractivity contribution in [3.8, 4) is 5.75 Å². The van der Waals surface area contributed by atoms with Crippen molar-refractivity contribution in [2.45, 2.75) is 19.8 Å². The van der Waals surface area contributed by atoms with Gasteiger partial charge in [-0.05, 0) is 36.3 Å². The van der Waals surface area contributed by atoms with Crippen molar-refractivity contribution >= 4 is 18.0 Å². The van der Waals surface area contributed by atoms with Gasteiger partial charge in [0.05, 0.1) is 6.61 Å². The van der Waals surface area contributed by atoms with Crippen LogP contribution in [0, 0.1) is 0 Å². The number of unbranched alkanes of at least 4 members (excludes halogenated alkanes) is 1. The fourth-order valence-corrected chi connectivity index (χ4v) is 1.47. The fourth-order valence-electron chi connectivity index (χ4n) is 1.47. The predicted octanol–water partition coefficient (Wildman–Crippen LogP) is 2.68. The molecule has 0 aliphatic carbocycles. The van der Waals surface area contributed by atoms with Gasteiger partial charge in [0.2, 0.25) is 5.91 Å². The Balaban J connectivity index is 2.37. The van der Waals surface area contributed by atoms with E-state index in [9.17, 15) is 9.59 Å². The molecule has 118 valence electrons. The van der Waals surface area contributed by atoms with Crippen LogP contribution in [-0.4, -0.2) is 25.2 Å².